The fourth-order valence-electron chi connectivity index (χ4n) is 2.91. The zero-order valence-electron chi connectivity index (χ0n) is 14.9. The normalized spacial score (nSPS) is 11.7. The predicted molar refractivity (Wildman–Crippen MR) is 109 cm³/mol. The second-order valence-corrected chi connectivity index (χ2v) is 7.35. The van der Waals surface area contributed by atoms with E-state index in [-0.39, 0.29) is 11.9 Å². The van der Waals surface area contributed by atoms with Crippen LogP contribution in [0.15, 0.2) is 89.8 Å². The van der Waals surface area contributed by atoms with Gasteiger partial charge in [-0.3, -0.25) is 4.79 Å². The van der Waals surface area contributed by atoms with Gasteiger partial charge >= 0.3 is 0 Å². The molecule has 0 unspecified atom stereocenters. The van der Waals surface area contributed by atoms with Gasteiger partial charge in [0, 0.05) is 17.1 Å². The molecule has 0 spiro atoms. The lowest BCUT2D eigenvalue weighted by atomic mass is 9.95. The Balaban J connectivity index is 1.68. The molecule has 0 bridgehead atoms. The van der Waals surface area contributed by atoms with Gasteiger partial charge in [0.25, 0.3) is 0 Å². The van der Waals surface area contributed by atoms with Crippen LogP contribution in [0, 0.1) is 6.92 Å². The number of carbonyl (C=O) groups excluding carboxylic acids is 1. The predicted octanol–water partition coefficient (Wildman–Crippen LogP) is 5.38. The number of thioether (sulfide) groups is 1. The number of carbonyl (C=O) groups is 1. The highest BCUT2D eigenvalue weighted by Crippen LogP contribution is 2.25. The third-order valence-electron chi connectivity index (χ3n) is 4.28. The topological polar surface area (TPSA) is 29.1 Å². The van der Waals surface area contributed by atoms with Crippen molar-refractivity contribution in [2.75, 3.05) is 5.75 Å². The van der Waals surface area contributed by atoms with Gasteiger partial charge in [0.1, 0.15) is 0 Å². The number of hydrogen-bond donors (Lipinski definition) is 1. The molecule has 0 fully saturated rings. The van der Waals surface area contributed by atoms with E-state index in [0.717, 1.165) is 16.9 Å². The lowest BCUT2D eigenvalue weighted by molar-refractivity contribution is -0.121. The van der Waals surface area contributed by atoms with E-state index in [1.54, 1.807) is 11.8 Å². The zero-order valence-corrected chi connectivity index (χ0v) is 15.7. The lowest BCUT2D eigenvalue weighted by Crippen LogP contribution is -2.30. The van der Waals surface area contributed by atoms with E-state index in [2.05, 4.69) is 48.6 Å². The van der Waals surface area contributed by atoms with Gasteiger partial charge < -0.3 is 5.32 Å². The highest BCUT2D eigenvalue weighted by atomic mass is 32.2. The molecule has 1 amide bonds. The van der Waals surface area contributed by atoms with E-state index in [1.807, 2.05) is 48.5 Å². The van der Waals surface area contributed by atoms with E-state index >= 15 is 0 Å². The lowest BCUT2D eigenvalue weighted by Gasteiger charge is -2.21. The van der Waals surface area contributed by atoms with E-state index in [9.17, 15) is 4.79 Å². The van der Waals surface area contributed by atoms with E-state index in [4.69, 9.17) is 0 Å². The first-order valence-electron chi connectivity index (χ1n) is 8.82. The average Bonchev–Trinajstić information content (AvgIpc) is 2.68. The smallest absolute Gasteiger partial charge is 0.221 e. The van der Waals surface area contributed by atoms with Gasteiger partial charge in [0.15, 0.2) is 0 Å². The minimum Gasteiger partial charge on any atom is -0.345 e. The molecule has 132 valence electrons. The largest absolute Gasteiger partial charge is 0.345 e. The van der Waals surface area contributed by atoms with Crippen molar-refractivity contribution in [2.45, 2.75) is 24.3 Å². The molecule has 3 aromatic rings. The Hall–Kier alpha value is -2.52. The van der Waals surface area contributed by atoms with Crippen LogP contribution in [0.5, 0.6) is 0 Å². The van der Waals surface area contributed by atoms with Crippen molar-refractivity contribution in [1.29, 1.82) is 0 Å². The number of nitrogens with one attached hydrogen (secondary N) is 1. The van der Waals surface area contributed by atoms with Crippen LogP contribution in [-0.2, 0) is 4.79 Å². The van der Waals surface area contributed by atoms with Crippen molar-refractivity contribution in [2.24, 2.45) is 0 Å². The summed E-state index contributed by atoms with van der Waals surface area (Å²) < 4.78 is 0. The first-order valence-corrected chi connectivity index (χ1v) is 9.80. The third-order valence-corrected chi connectivity index (χ3v) is 5.29. The summed E-state index contributed by atoms with van der Waals surface area (Å²) >= 11 is 1.71. The summed E-state index contributed by atoms with van der Waals surface area (Å²) in [7, 11) is 0. The molecule has 0 saturated carbocycles. The van der Waals surface area contributed by atoms with Crippen LogP contribution in [0.2, 0.25) is 0 Å². The second-order valence-electron chi connectivity index (χ2n) is 6.18. The summed E-state index contributed by atoms with van der Waals surface area (Å²) in [6.07, 6.45) is 0.495. The highest BCUT2D eigenvalue weighted by Gasteiger charge is 2.18. The van der Waals surface area contributed by atoms with Crippen molar-refractivity contribution in [3.05, 3.63) is 102 Å². The van der Waals surface area contributed by atoms with Crippen LogP contribution < -0.4 is 5.32 Å². The first-order chi connectivity index (χ1) is 12.7. The van der Waals surface area contributed by atoms with Crippen LogP contribution in [0.1, 0.15) is 29.2 Å². The summed E-state index contributed by atoms with van der Waals surface area (Å²) in [5, 5.41) is 3.22. The van der Waals surface area contributed by atoms with Crippen LogP contribution in [-0.4, -0.2) is 11.7 Å². The van der Waals surface area contributed by atoms with Crippen molar-refractivity contribution >= 4 is 17.7 Å². The van der Waals surface area contributed by atoms with Gasteiger partial charge in [-0.2, -0.15) is 0 Å². The van der Waals surface area contributed by atoms with E-state index in [0.29, 0.717) is 6.42 Å². The number of amides is 1. The maximum Gasteiger partial charge on any atom is 0.221 e. The molecule has 0 radical (unpaired) electrons. The van der Waals surface area contributed by atoms with E-state index in [1.165, 1.54) is 10.5 Å². The molecule has 3 heteroatoms. The minimum absolute atomic E-state index is 0.0746. The fourth-order valence-corrected chi connectivity index (χ4v) is 3.78. The monoisotopic (exact) mass is 361 g/mol. The average molecular weight is 362 g/mol. The quantitative estimate of drug-likeness (QED) is 0.572. The molecule has 3 rings (SSSR count). The first kappa shape index (κ1) is 18.3. The molecule has 3 aromatic carbocycles. The molecule has 0 aliphatic heterocycles. The molecular weight excluding hydrogens is 338 g/mol. The number of hydrogen-bond acceptors (Lipinski definition) is 2. The van der Waals surface area contributed by atoms with E-state index < -0.39 is 0 Å². The fraction of sp³-hybridized carbons (Fsp3) is 0.174. The Labute approximate surface area is 159 Å². The van der Waals surface area contributed by atoms with Crippen LogP contribution in [0.25, 0.3) is 0 Å². The molecule has 1 N–H and O–H groups in total. The Kier molecular flexibility index (Phi) is 6.50. The van der Waals surface area contributed by atoms with Gasteiger partial charge in [-0.1, -0.05) is 72.8 Å². The standard InChI is InChI=1S/C23H23NOS/c1-18-10-8-9-15-21(18)23(19-11-4-2-5-12-19)24-22(25)16-17-26-20-13-6-3-7-14-20/h2-15,23H,16-17H2,1H3,(H,24,25)/t23-/m1/s1. The third kappa shape index (κ3) is 4.99. The molecule has 26 heavy (non-hydrogen) atoms. The molecule has 0 aromatic heterocycles. The summed E-state index contributed by atoms with van der Waals surface area (Å²) in [5.74, 6) is 0.844. The van der Waals surface area contributed by atoms with Gasteiger partial charge in [-0.05, 0) is 35.7 Å². The molecular formula is C23H23NOS. The summed E-state index contributed by atoms with van der Waals surface area (Å²) in [5.41, 5.74) is 3.42. The number of aryl methyl sites for hydroxylation is 1. The molecule has 0 heterocycles. The van der Waals surface area contributed by atoms with Gasteiger partial charge in [-0.25, -0.2) is 0 Å². The Morgan fingerprint density at radius 2 is 1.50 bits per heavy atom. The molecule has 2 nitrogen and oxygen atoms in total. The van der Waals surface area contributed by atoms with Gasteiger partial charge in [-0.15, -0.1) is 11.8 Å². The Morgan fingerprint density at radius 1 is 0.885 bits per heavy atom. The van der Waals surface area contributed by atoms with Crippen molar-refractivity contribution in [3.63, 3.8) is 0 Å². The summed E-state index contributed by atoms with van der Waals surface area (Å²) in [6, 6.07) is 28.4. The molecule has 0 saturated heterocycles. The molecule has 0 aliphatic carbocycles. The molecule has 0 aliphatic rings. The zero-order chi connectivity index (χ0) is 18.2. The number of rotatable bonds is 7. The Morgan fingerprint density at radius 3 is 2.19 bits per heavy atom. The van der Waals surface area contributed by atoms with Gasteiger partial charge in [0.2, 0.25) is 5.91 Å². The molecule has 1 atom stereocenters. The van der Waals surface area contributed by atoms with Crippen LogP contribution >= 0.6 is 11.8 Å². The SMILES string of the molecule is Cc1ccccc1[C@H](NC(=O)CCSc1ccccc1)c1ccccc1. The Bertz CT molecular complexity index is 833. The summed E-state index contributed by atoms with van der Waals surface area (Å²) in [6.45, 7) is 2.09. The second kappa shape index (κ2) is 9.25. The minimum atomic E-state index is -0.119. The number of benzene rings is 3. The van der Waals surface area contributed by atoms with Gasteiger partial charge in [0.05, 0.1) is 6.04 Å². The van der Waals surface area contributed by atoms with Crippen molar-refractivity contribution in [1.82, 2.24) is 5.32 Å². The van der Waals surface area contributed by atoms with Crippen molar-refractivity contribution in [3.8, 4) is 0 Å². The van der Waals surface area contributed by atoms with Crippen LogP contribution in [0.3, 0.4) is 0 Å². The highest BCUT2D eigenvalue weighted by molar-refractivity contribution is 7.99. The van der Waals surface area contributed by atoms with Crippen LogP contribution in [0.4, 0.5) is 0 Å². The summed E-state index contributed by atoms with van der Waals surface area (Å²) in [4.78, 5) is 13.8. The van der Waals surface area contributed by atoms with Crippen molar-refractivity contribution < 1.29 is 4.79 Å². The maximum atomic E-state index is 12.6. The maximum absolute atomic E-state index is 12.6.